The maximum Gasteiger partial charge on any atom is 0.271 e. The molecule has 2 N–H and O–H groups in total. The molecule has 2 aromatic rings. The Labute approximate surface area is 141 Å². The molecular weight excluding hydrogens is 304 g/mol. The van der Waals surface area contributed by atoms with Gasteiger partial charge in [-0.05, 0) is 38.0 Å². The van der Waals surface area contributed by atoms with E-state index < -0.39 is 0 Å². The Kier molecular flexibility index (Phi) is 6.01. The maximum atomic E-state index is 12.1. The molecule has 0 aliphatic rings. The first-order valence-electron chi connectivity index (χ1n) is 7.96. The van der Waals surface area contributed by atoms with Crippen molar-refractivity contribution in [2.75, 3.05) is 0 Å². The SMILES string of the molecule is CC[C@H](C)NC(=O)c1cccc(CNC(=O)c2cnc(C)cn2)c1. The van der Waals surface area contributed by atoms with Crippen LogP contribution in [0, 0.1) is 6.92 Å². The number of carbonyl (C=O) groups excluding carboxylic acids is 2. The molecule has 1 aromatic heterocycles. The van der Waals surface area contributed by atoms with Gasteiger partial charge in [0, 0.05) is 24.3 Å². The predicted molar refractivity (Wildman–Crippen MR) is 91.6 cm³/mol. The molecule has 0 radical (unpaired) electrons. The van der Waals surface area contributed by atoms with Crippen molar-refractivity contribution in [3.05, 3.63) is 59.2 Å². The fourth-order valence-electron chi connectivity index (χ4n) is 2.01. The zero-order chi connectivity index (χ0) is 17.5. The van der Waals surface area contributed by atoms with Crippen LogP contribution in [0.2, 0.25) is 0 Å². The zero-order valence-corrected chi connectivity index (χ0v) is 14.2. The van der Waals surface area contributed by atoms with E-state index in [0.717, 1.165) is 17.7 Å². The van der Waals surface area contributed by atoms with E-state index in [0.29, 0.717) is 12.1 Å². The number of carbonyl (C=O) groups is 2. The molecule has 0 fully saturated rings. The molecule has 1 atom stereocenters. The van der Waals surface area contributed by atoms with E-state index in [2.05, 4.69) is 20.6 Å². The van der Waals surface area contributed by atoms with Gasteiger partial charge in [0.15, 0.2) is 0 Å². The number of hydrogen-bond acceptors (Lipinski definition) is 4. The van der Waals surface area contributed by atoms with Gasteiger partial charge in [0.25, 0.3) is 11.8 Å². The van der Waals surface area contributed by atoms with Crippen molar-refractivity contribution in [2.24, 2.45) is 0 Å². The summed E-state index contributed by atoms with van der Waals surface area (Å²) >= 11 is 0. The summed E-state index contributed by atoms with van der Waals surface area (Å²) in [5.41, 5.74) is 2.45. The summed E-state index contributed by atoms with van der Waals surface area (Å²) in [6.45, 7) is 6.11. The van der Waals surface area contributed by atoms with Gasteiger partial charge in [0.2, 0.25) is 0 Å². The number of benzene rings is 1. The standard InChI is InChI=1S/C18H22N4O2/c1-4-12(2)22-17(23)15-7-5-6-14(8-15)10-21-18(24)16-11-19-13(3)9-20-16/h5-9,11-12H,4,10H2,1-3H3,(H,21,24)(H,22,23)/t12-/m0/s1. The van der Waals surface area contributed by atoms with Gasteiger partial charge < -0.3 is 10.6 Å². The van der Waals surface area contributed by atoms with Crippen LogP contribution in [0.25, 0.3) is 0 Å². The third kappa shape index (κ3) is 4.87. The van der Waals surface area contributed by atoms with E-state index in [1.165, 1.54) is 6.20 Å². The van der Waals surface area contributed by atoms with Gasteiger partial charge in [-0.15, -0.1) is 0 Å². The number of hydrogen-bond donors (Lipinski definition) is 2. The van der Waals surface area contributed by atoms with E-state index in [9.17, 15) is 9.59 Å². The minimum absolute atomic E-state index is 0.109. The normalized spacial score (nSPS) is 11.6. The Hall–Kier alpha value is -2.76. The highest BCUT2D eigenvalue weighted by atomic mass is 16.2. The number of nitrogens with zero attached hydrogens (tertiary/aromatic N) is 2. The molecule has 126 valence electrons. The first kappa shape index (κ1) is 17.6. The molecule has 0 aliphatic carbocycles. The summed E-state index contributed by atoms with van der Waals surface area (Å²) in [5, 5.41) is 5.70. The molecule has 1 heterocycles. The van der Waals surface area contributed by atoms with Crippen molar-refractivity contribution >= 4 is 11.8 Å². The Morgan fingerprint density at radius 3 is 2.62 bits per heavy atom. The first-order chi connectivity index (χ1) is 11.5. The van der Waals surface area contributed by atoms with Gasteiger partial charge in [-0.2, -0.15) is 0 Å². The summed E-state index contributed by atoms with van der Waals surface area (Å²) in [4.78, 5) is 32.3. The Morgan fingerprint density at radius 1 is 1.17 bits per heavy atom. The van der Waals surface area contributed by atoms with Gasteiger partial charge >= 0.3 is 0 Å². The Bertz CT molecular complexity index is 713. The summed E-state index contributed by atoms with van der Waals surface area (Å²) in [7, 11) is 0. The molecule has 1 aromatic carbocycles. The Balaban J connectivity index is 1.98. The fraction of sp³-hybridized carbons (Fsp3) is 0.333. The highest BCUT2D eigenvalue weighted by molar-refractivity contribution is 5.94. The first-order valence-corrected chi connectivity index (χ1v) is 7.96. The molecular formula is C18H22N4O2. The molecule has 0 aliphatic heterocycles. The molecule has 24 heavy (non-hydrogen) atoms. The average molecular weight is 326 g/mol. The van der Waals surface area contributed by atoms with Crippen LogP contribution < -0.4 is 10.6 Å². The third-order valence-corrected chi connectivity index (χ3v) is 3.65. The largest absolute Gasteiger partial charge is 0.350 e. The number of aromatic nitrogens is 2. The summed E-state index contributed by atoms with van der Waals surface area (Å²) in [5.74, 6) is -0.404. The van der Waals surface area contributed by atoms with E-state index >= 15 is 0 Å². The summed E-state index contributed by atoms with van der Waals surface area (Å²) < 4.78 is 0. The molecule has 0 spiro atoms. The minimum atomic E-state index is -0.294. The molecule has 0 unspecified atom stereocenters. The summed E-state index contributed by atoms with van der Waals surface area (Å²) in [6, 6.07) is 7.33. The van der Waals surface area contributed by atoms with Crippen LogP contribution in [-0.2, 0) is 6.54 Å². The smallest absolute Gasteiger partial charge is 0.271 e. The van der Waals surface area contributed by atoms with Gasteiger partial charge in [0.1, 0.15) is 5.69 Å². The van der Waals surface area contributed by atoms with Crippen LogP contribution in [0.4, 0.5) is 0 Å². The van der Waals surface area contributed by atoms with Crippen LogP contribution in [0.1, 0.15) is 52.4 Å². The number of amides is 2. The fourth-order valence-corrected chi connectivity index (χ4v) is 2.01. The van der Waals surface area contributed by atoms with Crippen LogP contribution in [-0.4, -0.2) is 27.8 Å². The second kappa shape index (κ2) is 8.19. The predicted octanol–water partition coefficient (Wildman–Crippen LogP) is 2.24. The van der Waals surface area contributed by atoms with E-state index in [-0.39, 0.29) is 23.6 Å². The quantitative estimate of drug-likeness (QED) is 0.853. The topological polar surface area (TPSA) is 84.0 Å². The molecule has 0 bridgehead atoms. The van der Waals surface area contributed by atoms with Crippen LogP contribution in [0.3, 0.4) is 0 Å². The molecule has 2 rings (SSSR count). The molecule has 0 saturated heterocycles. The van der Waals surface area contributed by atoms with Crippen molar-refractivity contribution in [1.82, 2.24) is 20.6 Å². The lowest BCUT2D eigenvalue weighted by Gasteiger charge is -2.12. The lowest BCUT2D eigenvalue weighted by molar-refractivity contribution is 0.0935. The lowest BCUT2D eigenvalue weighted by Crippen LogP contribution is -2.32. The van der Waals surface area contributed by atoms with Crippen molar-refractivity contribution in [3.63, 3.8) is 0 Å². The number of nitrogens with one attached hydrogen (secondary N) is 2. The van der Waals surface area contributed by atoms with E-state index in [1.54, 1.807) is 24.4 Å². The second-order valence-electron chi connectivity index (χ2n) is 5.71. The van der Waals surface area contributed by atoms with Crippen molar-refractivity contribution in [2.45, 2.75) is 39.8 Å². The van der Waals surface area contributed by atoms with Gasteiger partial charge in [0.05, 0.1) is 11.9 Å². The van der Waals surface area contributed by atoms with Crippen LogP contribution in [0.15, 0.2) is 36.7 Å². The average Bonchev–Trinajstić information content (AvgIpc) is 2.60. The van der Waals surface area contributed by atoms with E-state index in [1.807, 2.05) is 26.8 Å². The molecule has 2 amide bonds. The number of aryl methyl sites for hydroxylation is 1. The third-order valence-electron chi connectivity index (χ3n) is 3.65. The van der Waals surface area contributed by atoms with Crippen LogP contribution >= 0.6 is 0 Å². The highest BCUT2D eigenvalue weighted by Gasteiger charge is 2.10. The molecule has 6 heteroatoms. The van der Waals surface area contributed by atoms with Crippen molar-refractivity contribution in [3.8, 4) is 0 Å². The Morgan fingerprint density at radius 2 is 1.96 bits per heavy atom. The summed E-state index contributed by atoms with van der Waals surface area (Å²) in [6.07, 6.45) is 3.87. The highest BCUT2D eigenvalue weighted by Crippen LogP contribution is 2.06. The van der Waals surface area contributed by atoms with Crippen molar-refractivity contribution in [1.29, 1.82) is 0 Å². The van der Waals surface area contributed by atoms with Crippen LogP contribution in [0.5, 0.6) is 0 Å². The zero-order valence-electron chi connectivity index (χ0n) is 14.2. The van der Waals surface area contributed by atoms with Gasteiger partial charge in [-0.3, -0.25) is 14.6 Å². The van der Waals surface area contributed by atoms with Gasteiger partial charge in [-0.25, -0.2) is 4.98 Å². The molecule has 6 nitrogen and oxygen atoms in total. The van der Waals surface area contributed by atoms with Gasteiger partial charge in [-0.1, -0.05) is 19.1 Å². The number of rotatable bonds is 6. The molecule has 0 saturated carbocycles. The van der Waals surface area contributed by atoms with E-state index in [4.69, 9.17) is 0 Å². The maximum absolute atomic E-state index is 12.1. The lowest BCUT2D eigenvalue weighted by atomic mass is 10.1. The second-order valence-corrected chi connectivity index (χ2v) is 5.71. The monoisotopic (exact) mass is 326 g/mol. The minimum Gasteiger partial charge on any atom is -0.350 e. The van der Waals surface area contributed by atoms with Crippen molar-refractivity contribution < 1.29 is 9.59 Å².